The van der Waals surface area contributed by atoms with Gasteiger partial charge in [0, 0.05) is 36.8 Å². The van der Waals surface area contributed by atoms with Crippen molar-refractivity contribution in [2.75, 3.05) is 13.1 Å². The van der Waals surface area contributed by atoms with Crippen LogP contribution in [0.15, 0.2) is 24.4 Å². The molecule has 0 N–H and O–H groups in total. The van der Waals surface area contributed by atoms with Gasteiger partial charge in [-0.1, -0.05) is 29.3 Å². The Morgan fingerprint density at radius 2 is 1.91 bits per heavy atom. The van der Waals surface area contributed by atoms with E-state index in [-0.39, 0.29) is 17.3 Å². The lowest BCUT2D eigenvalue weighted by molar-refractivity contribution is 0.0158. The van der Waals surface area contributed by atoms with Crippen LogP contribution in [-0.4, -0.2) is 44.2 Å². The van der Waals surface area contributed by atoms with Crippen LogP contribution in [0.25, 0.3) is 22.3 Å². The van der Waals surface area contributed by atoms with E-state index in [4.69, 9.17) is 39.5 Å². The molecule has 4 rings (SSSR count). The first-order valence-electron chi connectivity index (χ1n) is 11.0. The van der Waals surface area contributed by atoms with Gasteiger partial charge in [0.05, 0.1) is 15.7 Å². The number of halogens is 3. The zero-order valence-corrected chi connectivity index (χ0v) is 21.4. The van der Waals surface area contributed by atoms with E-state index in [9.17, 15) is 4.79 Å². The Hall–Kier alpha value is -2.02. The van der Waals surface area contributed by atoms with Crippen molar-refractivity contribution in [2.24, 2.45) is 5.92 Å². The van der Waals surface area contributed by atoms with Gasteiger partial charge in [-0.15, -0.1) is 0 Å². The molecule has 1 amide bonds. The molecule has 0 spiro atoms. The number of nitrogens with zero attached hydrogens (tertiary/aromatic N) is 4. The molecule has 9 heteroatoms. The number of hydrogen-bond acceptors (Lipinski definition) is 4. The number of hydrogen-bond donors (Lipinski definition) is 0. The van der Waals surface area contributed by atoms with E-state index in [1.165, 1.54) is 0 Å². The first-order chi connectivity index (χ1) is 15.5. The summed E-state index contributed by atoms with van der Waals surface area (Å²) in [7, 11) is 0. The van der Waals surface area contributed by atoms with Crippen molar-refractivity contribution in [2.45, 2.75) is 52.7 Å². The van der Waals surface area contributed by atoms with Gasteiger partial charge in [0.15, 0.2) is 0 Å². The highest BCUT2D eigenvalue weighted by Crippen LogP contribution is 2.41. The van der Waals surface area contributed by atoms with E-state index >= 15 is 0 Å². The Morgan fingerprint density at radius 3 is 2.58 bits per heavy atom. The van der Waals surface area contributed by atoms with Crippen LogP contribution in [0, 0.1) is 12.8 Å². The van der Waals surface area contributed by atoms with Gasteiger partial charge in [-0.25, -0.2) is 9.78 Å². The molecule has 176 valence electrons. The maximum atomic E-state index is 12.7. The first-order valence-corrected chi connectivity index (χ1v) is 12.1. The van der Waals surface area contributed by atoms with Gasteiger partial charge < -0.3 is 14.2 Å². The van der Waals surface area contributed by atoms with Crippen LogP contribution in [0.1, 0.15) is 39.2 Å². The lowest BCUT2D eigenvalue weighted by atomic mass is 9.97. The standard InChI is InChI=1S/C24H27Cl3N4O2/c1-14-16-11-28-22(27)29-21(16)31(20(14)19-17(25)8-5-9-18(19)26)13-15-7-6-10-30(12-15)23(32)33-24(2,3)4/h5,8-9,11,15H,6-7,10,12-13H2,1-4H3. The zero-order valence-electron chi connectivity index (χ0n) is 19.2. The average molecular weight is 510 g/mol. The largest absolute Gasteiger partial charge is 0.444 e. The number of likely N-dealkylation sites (tertiary alicyclic amines) is 1. The Bertz CT molecular complexity index is 1180. The van der Waals surface area contributed by atoms with E-state index in [1.807, 2.05) is 45.9 Å². The fourth-order valence-electron chi connectivity index (χ4n) is 4.45. The van der Waals surface area contributed by atoms with Crippen LogP contribution in [0.4, 0.5) is 4.79 Å². The first kappa shape index (κ1) is 24.1. The third kappa shape index (κ3) is 5.08. The van der Waals surface area contributed by atoms with Crippen molar-refractivity contribution in [1.29, 1.82) is 0 Å². The van der Waals surface area contributed by atoms with Crippen molar-refractivity contribution in [3.05, 3.63) is 45.3 Å². The van der Waals surface area contributed by atoms with Gasteiger partial charge in [-0.3, -0.25) is 0 Å². The minimum absolute atomic E-state index is 0.178. The number of aromatic nitrogens is 3. The summed E-state index contributed by atoms with van der Waals surface area (Å²) in [4.78, 5) is 23.2. The van der Waals surface area contributed by atoms with Gasteiger partial charge in [0.2, 0.25) is 5.28 Å². The maximum Gasteiger partial charge on any atom is 0.410 e. The van der Waals surface area contributed by atoms with Crippen LogP contribution in [-0.2, 0) is 11.3 Å². The van der Waals surface area contributed by atoms with E-state index in [2.05, 4.69) is 14.5 Å². The maximum absolute atomic E-state index is 12.7. The molecule has 1 aliphatic heterocycles. The van der Waals surface area contributed by atoms with Crippen molar-refractivity contribution in [3.63, 3.8) is 0 Å². The normalized spacial score (nSPS) is 16.9. The third-order valence-electron chi connectivity index (χ3n) is 5.84. The third-order valence-corrected chi connectivity index (χ3v) is 6.65. The van der Waals surface area contributed by atoms with Gasteiger partial charge in [-0.2, -0.15) is 4.98 Å². The number of amides is 1. The van der Waals surface area contributed by atoms with Gasteiger partial charge in [-0.05, 0) is 75.8 Å². The fourth-order valence-corrected chi connectivity index (χ4v) is 5.15. The van der Waals surface area contributed by atoms with Crippen molar-refractivity contribution in [3.8, 4) is 11.3 Å². The molecule has 33 heavy (non-hydrogen) atoms. The van der Waals surface area contributed by atoms with Gasteiger partial charge in [0.1, 0.15) is 11.2 Å². The smallest absolute Gasteiger partial charge is 0.410 e. The SMILES string of the molecule is Cc1c(-c2c(Cl)cccc2Cl)n(CC2CCCN(C(=O)OC(C)(C)C)C2)c2nc(Cl)ncc12. The average Bonchev–Trinajstić information content (AvgIpc) is 2.98. The monoisotopic (exact) mass is 508 g/mol. The van der Waals surface area contributed by atoms with Crippen LogP contribution < -0.4 is 0 Å². The number of ether oxygens (including phenoxy) is 1. The van der Waals surface area contributed by atoms with Crippen LogP contribution in [0.3, 0.4) is 0 Å². The molecule has 0 aliphatic carbocycles. The predicted molar refractivity (Wildman–Crippen MR) is 133 cm³/mol. The number of aryl methyl sites for hydroxylation is 1. The molecule has 0 saturated carbocycles. The van der Waals surface area contributed by atoms with Crippen LogP contribution in [0.5, 0.6) is 0 Å². The van der Waals surface area contributed by atoms with Crippen LogP contribution in [0.2, 0.25) is 15.3 Å². The minimum Gasteiger partial charge on any atom is -0.444 e. The molecule has 1 aromatic carbocycles. The van der Waals surface area contributed by atoms with Crippen molar-refractivity contribution < 1.29 is 9.53 Å². The van der Waals surface area contributed by atoms with E-state index < -0.39 is 5.60 Å². The highest BCUT2D eigenvalue weighted by Gasteiger charge is 2.30. The molecular formula is C24H27Cl3N4O2. The Labute approximate surface area is 208 Å². The molecule has 1 atom stereocenters. The molecule has 6 nitrogen and oxygen atoms in total. The van der Waals surface area contributed by atoms with Crippen molar-refractivity contribution in [1.82, 2.24) is 19.4 Å². The minimum atomic E-state index is -0.528. The topological polar surface area (TPSA) is 60.2 Å². The second kappa shape index (κ2) is 9.32. The lowest BCUT2D eigenvalue weighted by Gasteiger charge is -2.34. The number of benzene rings is 1. The predicted octanol–water partition coefficient (Wildman–Crippen LogP) is 7.01. The summed E-state index contributed by atoms with van der Waals surface area (Å²) in [5.74, 6) is 0.204. The van der Waals surface area contributed by atoms with Gasteiger partial charge in [0.25, 0.3) is 0 Å². The number of carbonyl (C=O) groups is 1. The zero-order chi connectivity index (χ0) is 23.9. The molecule has 3 heterocycles. The molecule has 1 unspecified atom stereocenters. The molecule has 1 aliphatic rings. The van der Waals surface area contributed by atoms with Crippen LogP contribution >= 0.6 is 34.8 Å². The quantitative estimate of drug-likeness (QED) is 0.356. The summed E-state index contributed by atoms with van der Waals surface area (Å²) in [5, 5.41) is 2.20. The molecule has 1 saturated heterocycles. The summed E-state index contributed by atoms with van der Waals surface area (Å²) in [6.45, 7) is 9.57. The second-order valence-corrected chi connectivity index (χ2v) is 10.6. The number of piperidine rings is 1. The summed E-state index contributed by atoms with van der Waals surface area (Å²) < 4.78 is 7.72. The highest BCUT2D eigenvalue weighted by molar-refractivity contribution is 6.39. The molecular weight excluding hydrogens is 483 g/mol. The Kier molecular flexibility index (Phi) is 6.81. The van der Waals surface area contributed by atoms with Gasteiger partial charge >= 0.3 is 6.09 Å². The number of carbonyl (C=O) groups excluding carboxylic acids is 1. The summed E-state index contributed by atoms with van der Waals surface area (Å²) in [6.07, 6.45) is 3.34. The summed E-state index contributed by atoms with van der Waals surface area (Å²) in [5.41, 5.74) is 2.84. The Morgan fingerprint density at radius 1 is 1.21 bits per heavy atom. The van der Waals surface area contributed by atoms with Crippen molar-refractivity contribution >= 4 is 51.9 Å². The molecule has 0 bridgehead atoms. The fraction of sp³-hybridized carbons (Fsp3) is 0.458. The van der Waals surface area contributed by atoms with E-state index in [0.29, 0.717) is 29.7 Å². The summed E-state index contributed by atoms with van der Waals surface area (Å²) in [6, 6.07) is 5.48. The van der Waals surface area contributed by atoms with E-state index in [0.717, 1.165) is 40.7 Å². The number of rotatable bonds is 3. The molecule has 0 radical (unpaired) electrons. The second-order valence-electron chi connectivity index (χ2n) is 9.49. The van der Waals surface area contributed by atoms with E-state index in [1.54, 1.807) is 11.1 Å². The molecule has 2 aromatic heterocycles. The summed E-state index contributed by atoms with van der Waals surface area (Å²) >= 11 is 19.4. The lowest BCUT2D eigenvalue weighted by Crippen LogP contribution is -2.43. The molecule has 1 fully saturated rings. The molecule has 3 aromatic rings. The number of fused-ring (bicyclic) bond motifs is 1. The highest BCUT2D eigenvalue weighted by atomic mass is 35.5. The Balaban J connectivity index is 1.74.